The largest absolute Gasteiger partial charge is 0.329 e. The van der Waals surface area contributed by atoms with Crippen molar-refractivity contribution in [3.63, 3.8) is 0 Å². The quantitative estimate of drug-likeness (QED) is 0.773. The molecule has 0 radical (unpaired) electrons. The van der Waals surface area contributed by atoms with Crippen molar-refractivity contribution in [1.29, 1.82) is 0 Å². The number of imide groups is 1. The van der Waals surface area contributed by atoms with Gasteiger partial charge in [0.15, 0.2) is 0 Å². The van der Waals surface area contributed by atoms with Gasteiger partial charge in [0.2, 0.25) is 0 Å². The summed E-state index contributed by atoms with van der Waals surface area (Å²) in [6.45, 7) is 2.61. The minimum Gasteiger partial charge on any atom is -0.329 e. The van der Waals surface area contributed by atoms with Gasteiger partial charge in [0.1, 0.15) is 6.04 Å². The number of carbonyl (C=O) groups is 2. The van der Waals surface area contributed by atoms with Gasteiger partial charge in [0.25, 0.3) is 5.91 Å². The van der Waals surface area contributed by atoms with Gasteiger partial charge >= 0.3 is 6.03 Å². The lowest BCUT2D eigenvalue weighted by molar-refractivity contribution is -0.127. The molecule has 1 aliphatic heterocycles. The number of nitrogens with zero attached hydrogens (tertiary/aromatic N) is 1. The Bertz CT molecular complexity index is 456. The number of hydrogen-bond acceptors (Lipinski definition) is 3. The molecule has 3 N–H and O–H groups in total. The lowest BCUT2D eigenvalue weighted by Crippen LogP contribution is -2.35. The third-order valence-corrected chi connectivity index (χ3v) is 3.10. The fraction of sp³-hybridized carbons (Fsp3) is 0.385. The average molecular weight is 247 g/mol. The first-order valence-electron chi connectivity index (χ1n) is 6.08. The normalized spacial score (nSPS) is 19.2. The maximum absolute atomic E-state index is 12.0. The van der Waals surface area contributed by atoms with Gasteiger partial charge in [0, 0.05) is 13.1 Å². The third kappa shape index (κ3) is 2.22. The Kier molecular flexibility index (Phi) is 3.62. The Balaban J connectivity index is 2.18. The molecule has 1 atom stereocenters. The SMILES string of the molecule is CCc1ccc(C2NC(=O)N(CCN)C2=O)cc1. The summed E-state index contributed by atoms with van der Waals surface area (Å²) in [5, 5.41) is 2.67. The highest BCUT2D eigenvalue weighted by Crippen LogP contribution is 2.22. The first kappa shape index (κ1) is 12.6. The first-order valence-corrected chi connectivity index (χ1v) is 6.08. The molecule has 1 saturated heterocycles. The molecule has 1 heterocycles. The van der Waals surface area contributed by atoms with Crippen LogP contribution in [0.1, 0.15) is 24.1 Å². The molecule has 1 fully saturated rings. The molecule has 1 aliphatic rings. The zero-order valence-electron chi connectivity index (χ0n) is 10.3. The number of benzene rings is 1. The van der Waals surface area contributed by atoms with E-state index in [9.17, 15) is 9.59 Å². The van der Waals surface area contributed by atoms with Crippen LogP contribution in [0.5, 0.6) is 0 Å². The molecule has 0 spiro atoms. The number of nitrogens with one attached hydrogen (secondary N) is 1. The van der Waals surface area contributed by atoms with Crippen LogP contribution in [-0.4, -0.2) is 29.9 Å². The monoisotopic (exact) mass is 247 g/mol. The number of carbonyl (C=O) groups excluding carboxylic acids is 2. The topological polar surface area (TPSA) is 75.4 Å². The van der Waals surface area contributed by atoms with E-state index in [4.69, 9.17) is 5.73 Å². The Morgan fingerprint density at radius 1 is 1.28 bits per heavy atom. The molecule has 1 aromatic rings. The second kappa shape index (κ2) is 5.18. The van der Waals surface area contributed by atoms with Gasteiger partial charge in [-0.3, -0.25) is 9.69 Å². The van der Waals surface area contributed by atoms with E-state index in [0.29, 0.717) is 0 Å². The molecule has 18 heavy (non-hydrogen) atoms. The van der Waals surface area contributed by atoms with Crippen molar-refractivity contribution < 1.29 is 9.59 Å². The summed E-state index contributed by atoms with van der Waals surface area (Å²) in [6.07, 6.45) is 0.949. The van der Waals surface area contributed by atoms with Crippen LogP contribution in [0.15, 0.2) is 24.3 Å². The fourth-order valence-corrected chi connectivity index (χ4v) is 2.03. The van der Waals surface area contributed by atoms with Gasteiger partial charge in [-0.15, -0.1) is 0 Å². The van der Waals surface area contributed by atoms with E-state index < -0.39 is 6.04 Å². The predicted octanol–water partition coefficient (Wildman–Crippen LogP) is 0.801. The molecule has 96 valence electrons. The third-order valence-electron chi connectivity index (χ3n) is 3.10. The van der Waals surface area contributed by atoms with Gasteiger partial charge in [0.05, 0.1) is 0 Å². The molecular formula is C13H17N3O2. The number of aryl methyl sites for hydroxylation is 1. The van der Waals surface area contributed by atoms with Gasteiger partial charge in [-0.05, 0) is 17.5 Å². The lowest BCUT2D eigenvalue weighted by atomic mass is 10.0. The Hall–Kier alpha value is -1.88. The van der Waals surface area contributed by atoms with E-state index >= 15 is 0 Å². The van der Waals surface area contributed by atoms with Crippen LogP contribution in [0.2, 0.25) is 0 Å². The second-order valence-corrected chi connectivity index (χ2v) is 4.26. The van der Waals surface area contributed by atoms with E-state index in [1.54, 1.807) is 0 Å². The highest BCUT2D eigenvalue weighted by Gasteiger charge is 2.38. The van der Waals surface area contributed by atoms with Crippen LogP contribution in [-0.2, 0) is 11.2 Å². The minimum atomic E-state index is -0.574. The smallest absolute Gasteiger partial charge is 0.325 e. The fourth-order valence-electron chi connectivity index (χ4n) is 2.03. The Labute approximate surface area is 106 Å². The molecule has 1 unspecified atom stereocenters. The first-order chi connectivity index (χ1) is 8.67. The van der Waals surface area contributed by atoms with Gasteiger partial charge in [-0.1, -0.05) is 31.2 Å². The summed E-state index contributed by atoms with van der Waals surface area (Å²) in [5.74, 6) is -0.227. The van der Waals surface area contributed by atoms with E-state index in [-0.39, 0.29) is 25.0 Å². The summed E-state index contributed by atoms with van der Waals surface area (Å²) in [4.78, 5) is 24.8. The predicted molar refractivity (Wildman–Crippen MR) is 67.9 cm³/mol. The summed E-state index contributed by atoms with van der Waals surface area (Å²) in [5.41, 5.74) is 7.39. The standard InChI is InChI=1S/C13H17N3O2/c1-2-9-3-5-10(6-4-9)11-12(17)16(8-7-14)13(18)15-11/h3-6,11H,2,7-8,14H2,1H3,(H,15,18). The molecule has 1 aromatic carbocycles. The molecule has 0 aliphatic carbocycles. The molecule has 2 rings (SSSR count). The van der Waals surface area contributed by atoms with Crippen molar-refractivity contribution in [2.24, 2.45) is 5.73 Å². The Morgan fingerprint density at radius 2 is 1.94 bits per heavy atom. The number of nitrogens with two attached hydrogens (primary N) is 1. The highest BCUT2D eigenvalue weighted by atomic mass is 16.2. The van der Waals surface area contributed by atoms with Crippen LogP contribution in [0.25, 0.3) is 0 Å². The molecule has 0 bridgehead atoms. The number of urea groups is 1. The maximum Gasteiger partial charge on any atom is 0.325 e. The highest BCUT2D eigenvalue weighted by molar-refractivity contribution is 6.04. The second-order valence-electron chi connectivity index (χ2n) is 4.26. The van der Waals surface area contributed by atoms with E-state index in [1.807, 2.05) is 24.3 Å². The molecule has 0 saturated carbocycles. The van der Waals surface area contributed by atoms with Crippen molar-refractivity contribution in [3.8, 4) is 0 Å². The van der Waals surface area contributed by atoms with Gasteiger partial charge < -0.3 is 11.1 Å². The summed E-state index contributed by atoms with van der Waals surface area (Å²) < 4.78 is 0. The van der Waals surface area contributed by atoms with Crippen molar-refractivity contribution >= 4 is 11.9 Å². The van der Waals surface area contributed by atoms with E-state index in [2.05, 4.69) is 12.2 Å². The number of rotatable bonds is 4. The zero-order chi connectivity index (χ0) is 13.1. The van der Waals surface area contributed by atoms with Crippen LogP contribution < -0.4 is 11.1 Å². The van der Waals surface area contributed by atoms with Crippen LogP contribution >= 0.6 is 0 Å². The maximum atomic E-state index is 12.0. The van der Waals surface area contributed by atoms with Crippen LogP contribution in [0, 0.1) is 0 Å². The molecule has 5 nitrogen and oxygen atoms in total. The van der Waals surface area contributed by atoms with Crippen molar-refractivity contribution in [1.82, 2.24) is 10.2 Å². The van der Waals surface area contributed by atoms with Crippen molar-refractivity contribution in [3.05, 3.63) is 35.4 Å². The Morgan fingerprint density at radius 3 is 2.50 bits per heavy atom. The number of hydrogen-bond donors (Lipinski definition) is 2. The molecular weight excluding hydrogens is 230 g/mol. The zero-order valence-corrected chi connectivity index (χ0v) is 10.3. The van der Waals surface area contributed by atoms with Crippen molar-refractivity contribution in [2.75, 3.05) is 13.1 Å². The van der Waals surface area contributed by atoms with Gasteiger partial charge in [-0.2, -0.15) is 0 Å². The average Bonchev–Trinajstić information content (AvgIpc) is 2.67. The number of amides is 3. The molecule has 5 heteroatoms. The van der Waals surface area contributed by atoms with Crippen LogP contribution in [0.4, 0.5) is 4.79 Å². The summed E-state index contributed by atoms with van der Waals surface area (Å²) in [7, 11) is 0. The van der Waals surface area contributed by atoms with Crippen LogP contribution in [0.3, 0.4) is 0 Å². The van der Waals surface area contributed by atoms with E-state index in [0.717, 1.165) is 12.0 Å². The summed E-state index contributed by atoms with van der Waals surface area (Å²) >= 11 is 0. The van der Waals surface area contributed by atoms with Crippen molar-refractivity contribution in [2.45, 2.75) is 19.4 Å². The van der Waals surface area contributed by atoms with E-state index in [1.165, 1.54) is 10.5 Å². The van der Waals surface area contributed by atoms with Gasteiger partial charge in [-0.25, -0.2) is 4.79 Å². The minimum absolute atomic E-state index is 0.227. The summed E-state index contributed by atoms with van der Waals surface area (Å²) in [6, 6.07) is 6.77. The lowest BCUT2D eigenvalue weighted by Gasteiger charge is -2.11. The molecule has 0 aromatic heterocycles. The molecule has 3 amide bonds.